The highest BCUT2D eigenvalue weighted by molar-refractivity contribution is 5.93. The molecule has 6 nitrogen and oxygen atoms in total. The third-order valence-electron chi connectivity index (χ3n) is 3.57. The van der Waals surface area contributed by atoms with Crippen LogP contribution >= 0.6 is 0 Å². The van der Waals surface area contributed by atoms with E-state index in [0.717, 1.165) is 5.69 Å². The number of likely N-dealkylation sites (tertiary alicyclic amines) is 1. The summed E-state index contributed by atoms with van der Waals surface area (Å²) in [6, 6.07) is 1.77. The van der Waals surface area contributed by atoms with E-state index >= 15 is 0 Å². The summed E-state index contributed by atoms with van der Waals surface area (Å²) in [4.78, 5) is 24.9. The van der Waals surface area contributed by atoms with Crippen LogP contribution < -0.4 is 0 Å². The molecule has 0 saturated carbocycles. The summed E-state index contributed by atoms with van der Waals surface area (Å²) < 4.78 is 1.82. The van der Waals surface area contributed by atoms with Crippen molar-refractivity contribution in [1.29, 1.82) is 0 Å². The number of carbonyl (C=O) groups excluding carboxylic acids is 1. The summed E-state index contributed by atoms with van der Waals surface area (Å²) in [6.07, 6.45) is 0.514. The van der Waals surface area contributed by atoms with Crippen molar-refractivity contribution >= 4 is 11.9 Å². The zero-order valence-electron chi connectivity index (χ0n) is 12.4. The van der Waals surface area contributed by atoms with Gasteiger partial charge in [0.25, 0.3) is 5.91 Å². The highest BCUT2D eigenvalue weighted by Crippen LogP contribution is 2.21. The molecule has 1 N–H and O–H groups in total. The first-order chi connectivity index (χ1) is 9.20. The Balaban J connectivity index is 2.17. The van der Waals surface area contributed by atoms with E-state index in [0.29, 0.717) is 18.7 Å². The van der Waals surface area contributed by atoms with Crippen LogP contribution in [0, 0.1) is 12.8 Å². The predicted octanol–water partition coefficient (Wildman–Crippen LogP) is 1.49. The van der Waals surface area contributed by atoms with Gasteiger partial charge in [0.1, 0.15) is 0 Å². The maximum atomic E-state index is 12.4. The molecule has 1 aliphatic heterocycles. The molecule has 1 saturated heterocycles. The fourth-order valence-electron chi connectivity index (χ4n) is 2.57. The molecule has 0 aliphatic carbocycles. The number of aliphatic carboxylic acids is 1. The molecule has 1 amide bonds. The molecule has 0 radical (unpaired) electrons. The smallest absolute Gasteiger partial charge is 0.308 e. The molecule has 2 rings (SSSR count). The molecule has 1 fully saturated rings. The number of carboxylic acid groups (broad SMARTS) is 1. The predicted molar refractivity (Wildman–Crippen MR) is 73.6 cm³/mol. The van der Waals surface area contributed by atoms with Crippen LogP contribution in [-0.4, -0.2) is 44.8 Å². The lowest BCUT2D eigenvalue weighted by molar-refractivity contribution is -0.141. The number of carbonyl (C=O) groups is 2. The Morgan fingerprint density at radius 2 is 2.05 bits per heavy atom. The van der Waals surface area contributed by atoms with Gasteiger partial charge in [-0.3, -0.25) is 14.3 Å². The zero-order chi connectivity index (χ0) is 15.1. The van der Waals surface area contributed by atoms with Gasteiger partial charge in [-0.15, -0.1) is 0 Å². The lowest BCUT2D eigenvalue weighted by atomic mass is 10.1. The number of hydrogen-bond donors (Lipinski definition) is 1. The van der Waals surface area contributed by atoms with Crippen molar-refractivity contribution in [2.24, 2.45) is 5.92 Å². The molecule has 0 unspecified atom stereocenters. The topological polar surface area (TPSA) is 75.4 Å². The average molecular weight is 279 g/mol. The quantitative estimate of drug-likeness (QED) is 0.890. The van der Waals surface area contributed by atoms with Crippen molar-refractivity contribution in [3.8, 4) is 0 Å². The first-order valence-corrected chi connectivity index (χ1v) is 6.79. The minimum atomic E-state index is -0.836. The van der Waals surface area contributed by atoms with Gasteiger partial charge in [0.2, 0.25) is 0 Å². The normalized spacial score (nSPS) is 19.4. The minimum absolute atomic E-state index is 0.181. The van der Waals surface area contributed by atoms with Crippen molar-refractivity contribution in [2.75, 3.05) is 13.1 Å². The van der Waals surface area contributed by atoms with Crippen LogP contribution in [0.25, 0.3) is 0 Å². The van der Waals surface area contributed by atoms with E-state index in [1.165, 1.54) is 0 Å². The minimum Gasteiger partial charge on any atom is -0.481 e. The highest BCUT2D eigenvalue weighted by Gasteiger charge is 2.32. The molecule has 20 heavy (non-hydrogen) atoms. The van der Waals surface area contributed by atoms with E-state index in [1.54, 1.807) is 11.0 Å². The van der Waals surface area contributed by atoms with E-state index in [4.69, 9.17) is 5.11 Å². The largest absolute Gasteiger partial charge is 0.481 e. The lowest BCUT2D eigenvalue weighted by Crippen LogP contribution is -2.31. The Morgan fingerprint density at radius 3 is 2.50 bits per heavy atom. The number of nitrogens with zero attached hydrogens (tertiary/aromatic N) is 3. The number of hydrogen-bond acceptors (Lipinski definition) is 3. The van der Waals surface area contributed by atoms with Gasteiger partial charge >= 0.3 is 5.97 Å². The first kappa shape index (κ1) is 14.6. The van der Waals surface area contributed by atoms with E-state index in [1.807, 2.05) is 32.4 Å². The van der Waals surface area contributed by atoms with Crippen molar-refractivity contribution < 1.29 is 14.7 Å². The van der Waals surface area contributed by atoms with Gasteiger partial charge in [0, 0.05) is 18.8 Å². The number of aromatic nitrogens is 2. The van der Waals surface area contributed by atoms with Crippen molar-refractivity contribution in [3.05, 3.63) is 17.5 Å². The molecule has 2 heterocycles. The Morgan fingerprint density at radius 1 is 1.40 bits per heavy atom. The van der Waals surface area contributed by atoms with Gasteiger partial charge < -0.3 is 10.0 Å². The molecule has 1 aromatic rings. The van der Waals surface area contributed by atoms with Crippen LogP contribution in [-0.2, 0) is 10.3 Å². The fourth-order valence-corrected chi connectivity index (χ4v) is 2.57. The highest BCUT2D eigenvalue weighted by atomic mass is 16.4. The summed E-state index contributed by atoms with van der Waals surface area (Å²) >= 11 is 0. The van der Waals surface area contributed by atoms with Gasteiger partial charge in [-0.05, 0) is 40.2 Å². The van der Waals surface area contributed by atoms with Gasteiger partial charge in [0.15, 0.2) is 5.69 Å². The zero-order valence-corrected chi connectivity index (χ0v) is 12.4. The molecule has 1 atom stereocenters. The maximum absolute atomic E-state index is 12.4. The second kappa shape index (κ2) is 4.92. The second-order valence-corrected chi connectivity index (χ2v) is 6.33. The molecule has 110 valence electrons. The maximum Gasteiger partial charge on any atom is 0.308 e. The number of amides is 1. The van der Waals surface area contributed by atoms with Crippen molar-refractivity contribution in [1.82, 2.24) is 14.7 Å². The number of carboxylic acids is 1. The Labute approximate surface area is 118 Å². The van der Waals surface area contributed by atoms with Crippen LogP contribution in [0.5, 0.6) is 0 Å². The molecule has 1 aliphatic rings. The summed E-state index contributed by atoms with van der Waals surface area (Å²) in [6.45, 7) is 8.75. The SMILES string of the molecule is Cc1cc(C(=O)N2CC[C@@H](C(=O)O)C2)nn1C(C)(C)C. The third-order valence-corrected chi connectivity index (χ3v) is 3.57. The number of rotatable bonds is 2. The molecule has 1 aromatic heterocycles. The van der Waals surface area contributed by atoms with Gasteiger partial charge in [-0.25, -0.2) is 0 Å². The molecule has 0 aromatic carbocycles. The van der Waals surface area contributed by atoms with Crippen LogP contribution in [0.4, 0.5) is 0 Å². The monoisotopic (exact) mass is 279 g/mol. The Bertz CT molecular complexity index is 542. The van der Waals surface area contributed by atoms with Gasteiger partial charge in [0.05, 0.1) is 11.5 Å². The molecular weight excluding hydrogens is 258 g/mol. The molecular formula is C14H21N3O3. The van der Waals surface area contributed by atoms with E-state index in [9.17, 15) is 9.59 Å². The van der Waals surface area contributed by atoms with E-state index in [-0.39, 0.29) is 18.0 Å². The summed E-state index contributed by atoms with van der Waals surface area (Å²) in [5, 5.41) is 13.4. The fraction of sp³-hybridized carbons (Fsp3) is 0.643. The van der Waals surface area contributed by atoms with E-state index < -0.39 is 11.9 Å². The Kier molecular flexibility index (Phi) is 3.58. The summed E-state index contributed by atoms with van der Waals surface area (Å²) in [5.74, 6) is -1.47. The third kappa shape index (κ3) is 2.69. The van der Waals surface area contributed by atoms with Gasteiger partial charge in [-0.2, -0.15) is 5.10 Å². The first-order valence-electron chi connectivity index (χ1n) is 6.79. The molecule has 0 spiro atoms. The van der Waals surface area contributed by atoms with Crippen molar-refractivity contribution in [2.45, 2.75) is 39.7 Å². The van der Waals surface area contributed by atoms with Gasteiger partial charge in [-0.1, -0.05) is 0 Å². The van der Waals surface area contributed by atoms with Crippen LogP contribution in [0.1, 0.15) is 43.4 Å². The van der Waals surface area contributed by atoms with Crippen LogP contribution in [0.3, 0.4) is 0 Å². The second-order valence-electron chi connectivity index (χ2n) is 6.33. The summed E-state index contributed by atoms with van der Waals surface area (Å²) in [5.41, 5.74) is 1.13. The Hall–Kier alpha value is -1.85. The molecule has 0 bridgehead atoms. The lowest BCUT2D eigenvalue weighted by Gasteiger charge is -2.21. The van der Waals surface area contributed by atoms with E-state index in [2.05, 4.69) is 5.10 Å². The number of aryl methyl sites for hydroxylation is 1. The average Bonchev–Trinajstić information content (AvgIpc) is 2.93. The molecule has 6 heteroatoms. The van der Waals surface area contributed by atoms with Crippen LogP contribution in [0.2, 0.25) is 0 Å². The summed E-state index contributed by atoms with van der Waals surface area (Å²) in [7, 11) is 0. The standard InChI is InChI=1S/C14H21N3O3/c1-9-7-11(15-17(9)14(2,3)4)12(18)16-6-5-10(8-16)13(19)20/h7,10H,5-6,8H2,1-4H3,(H,19,20)/t10-/m1/s1. The van der Waals surface area contributed by atoms with Crippen molar-refractivity contribution in [3.63, 3.8) is 0 Å². The van der Waals surface area contributed by atoms with Crippen LogP contribution in [0.15, 0.2) is 6.07 Å².